The molecule has 3 nitrogen and oxygen atoms in total. The maximum absolute atomic E-state index is 11.5. The fourth-order valence-electron chi connectivity index (χ4n) is 1.41. The summed E-state index contributed by atoms with van der Waals surface area (Å²) in [6.07, 6.45) is 4.56. The molecule has 0 saturated heterocycles. The SMILES string of the molecule is CC(N)CCCC(=O)Cc1ccccn1. The van der Waals surface area contributed by atoms with Crippen LogP contribution in [0, 0.1) is 0 Å². The van der Waals surface area contributed by atoms with Crippen LogP contribution in [0.1, 0.15) is 31.9 Å². The van der Waals surface area contributed by atoms with Gasteiger partial charge in [-0.05, 0) is 31.9 Å². The van der Waals surface area contributed by atoms with Gasteiger partial charge in [0.2, 0.25) is 0 Å². The summed E-state index contributed by atoms with van der Waals surface area (Å²) in [6.45, 7) is 1.96. The van der Waals surface area contributed by atoms with Crippen molar-refractivity contribution in [1.82, 2.24) is 4.98 Å². The Morgan fingerprint density at radius 3 is 2.93 bits per heavy atom. The Kier molecular flexibility index (Phi) is 4.98. The molecule has 0 fully saturated rings. The van der Waals surface area contributed by atoms with Gasteiger partial charge in [-0.15, -0.1) is 0 Å². The summed E-state index contributed by atoms with van der Waals surface area (Å²) >= 11 is 0. The van der Waals surface area contributed by atoms with Gasteiger partial charge < -0.3 is 5.73 Å². The predicted octanol–water partition coefficient (Wildman–Crippen LogP) is 1.71. The second-order valence-corrected chi connectivity index (χ2v) is 3.91. The van der Waals surface area contributed by atoms with Crippen molar-refractivity contribution in [2.75, 3.05) is 0 Å². The Labute approximate surface area is 90.7 Å². The molecule has 0 saturated carbocycles. The largest absolute Gasteiger partial charge is 0.328 e. The molecule has 0 aromatic carbocycles. The number of carbonyl (C=O) groups excluding carboxylic acids is 1. The monoisotopic (exact) mass is 206 g/mol. The lowest BCUT2D eigenvalue weighted by Gasteiger charge is -2.03. The van der Waals surface area contributed by atoms with Crippen molar-refractivity contribution in [2.45, 2.75) is 38.6 Å². The second kappa shape index (κ2) is 6.30. The van der Waals surface area contributed by atoms with Crippen LogP contribution in [0.2, 0.25) is 0 Å². The molecule has 3 heteroatoms. The van der Waals surface area contributed by atoms with Crippen LogP contribution in [0.25, 0.3) is 0 Å². The smallest absolute Gasteiger partial charge is 0.138 e. The van der Waals surface area contributed by atoms with Crippen LogP contribution >= 0.6 is 0 Å². The predicted molar refractivity (Wildman–Crippen MR) is 60.4 cm³/mol. The summed E-state index contributed by atoms with van der Waals surface area (Å²) in [7, 11) is 0. The van der Waals surface area contributed by atoms with Gasteiger partial charge in [0.1, 0.15) is 5.78 Å². The zero-order valence-corrected chi connectivity index (χ0v) is 9.15. The van der Waals surface area contributed by atoms with E-state index in [4.69, 9.17) is 5.73 Å². The third-order valence-corrected chi connectivity index (χ3v) is 2.22. The number of hydrogen-bond donors (Lipinski definition) is 1. The minimum atomic E-state index is 0.188. The van der Waals surface area contributed by atoms with Gasteiger partial charge in [-0.1, -0.05) is 6.07 Å². The molecule has 1 aromatic rings. The number of hydrogen-bond acceptors (Lipinski definition) is 3. The standard InChI is InChI=1S/C12H18N2O/c1-10(13)5-4-7-12(15)9-11-6-2-3-8-14-11/h2-3,6,8,10H,4-5,7,9,13H2,1H3. The Morgan fingerprint density at radius 1 is 1.53 bits per heavy atom. The van der Waals surface area contributed by atoms with Crippen LogP contribution in [0.4, 0.5) is 0 Å². The number of nitrogens with zero attached hydrogens (tertiary/aromatic N) is 1. The number of carbonyl (C=O) groups is 1. The van der Waals surface area contributed by atoms with Crippen LogP contribution < -0.4 is 5.73 Å². The summed E-state index contributed by atoms with van der Waals surface area (Å²) < 4.78 is 0. The van der Waals surface area contributed by atoms with E-state index in [0.717, 1.165) is 18.5 Å². The lowest BCUT2D eigenvalue weighted by molar-refractivity contribution is -0.118. The van der Waals surface area contributed by atoms with Gasteiger partial charge in [-0.2, -0.15) is 0 Å². The molecule has 1 heterocycles. The van der Waals surface area contributed by atoms with Crippen molar-refractivity contribution >= 4 is 5.78 Å². The van der Waals surface area contributed by atoms with E-state index in [1.807, 2.05) is 25.1 Å². The van der Waals surface area contributed by atoms with Crippen LogP contribution in [-0.4, -0.2) is 16.8 Å². The number of pyridine rings is 1. The summed E-state index contributed by atoms with van der Waals surface area (Å²) in [5, 5.41) is 0. The second-order valence-electron chi connectivity index (χ2n) is 3.91. The third kappa shape index (κ3) is 5.27. The average molecular weight is 206 g/mol. The van der Waals surface area contributed by atoms with E-state index in [9.17, 15) is 4.79 Å². The van der Waals surface area contributed by atoms with Gasteiger partial charge in [0.15, 0.2) is 0 Å². The van der Waals surface area contributed by atoms with Crippen molar-refractivity contribution in [3.63, 3.8) is 0 Å². The van der Waals surface area contributed by atoms with Gasteiger partial charge in [0.05, 0.1) is 0 Å². The van der Waals surface area contributed by atoms with Crippen molar-refractivity contribution in [3.05, 3.63) is 30.1 Å². The van der Waals surface area contributed by atoms with Gasteiger partial charge in [-0.3, -0.25) is 9.78 Å². The fraction of sp³-hybridized carbons (Fsp3) is 0.500. The maximum atomic E-state index is 11.5. The van der Waals surface area contributed by atoms with Crippen LogP contribution in [-0.2, 0) is 11.2 Å². The van der Waals surface area contributed by atoms with Crippen LogP contribution in [0.15, 0.2) is 24.4 Å². The van der Waals surface area contributed by atoms with Gasteiger partial charge in [0, 0.05) is 30.8 Å². The molecule has 1 aromatic heterocycles. The Morgan fingerprint density at radius 2 is 2.33 bits per heavy atom. The maximum Gasteiger partial charge on any atom is 0.138 e. The molecule has 0 bridgehead atoms. The molecular formula is C12H18N2O. The highest BCUT2D eigenvalue weighted by Crippen LogP contribution is 2.03. The fourth-order valence-corrected chi connectivity index (χ4v) is 1.41. The highest BCUT2D eigenvalue weighted by atomic mass is 16.1. The molecule has 0 radical (unpaired) electrons. The van der Waals surface area contributed by atoms with Gasteiger partial charge in [-0.25, -0.2) is 0 Å². The Bertz CT molecular complexity index is 296. The minimum absolute atomic E-state index is 0.188. The highest BCUT2D eigenvalue weighted by Gasteiger charge is 2.04. The highest BCUT2D eigenvalue weighted by molar-refractivity contribution is 5.80. The van der Waals surface area contributed by atoms with E-state index in [1.54, 1.807) is 6.20 Å². The summed E-state index contributed by atoms with van der Waals surface area (Å²) in [4.78, 5) is 15.6. The average Bonchev–Trinajstić information content (AvgIpc) is 2.18. The summed E-state index contributed by atoms with van der Waals surface area (Å²) in [5.74, 6) is 0.245. The van der Waals surface area contributed by atoms with Crippen molar-refractivity contribution < 1.29 is 4.79 Å². The van der Waals surface area contributed by atoms with Crippen molar-refractivity contribution in [3.8, 4) is 0 Å². The topological polar surface area (TPSA) is 56.0 Å². The van der Waals surface area contributed by atoms with E-state index >= 15 is 0 Å². The Balaban J connectivity index is 2.25. The van der Waals surface area contributed by atoms with E-state index in [-0.39, 0.29) is 11.8 Å². The number of ketones is 1. The lowest BCUT2D eigenvalue weighted by Crippen LogP contribution is -2.15. The van der Waals surface area contributed by atoms with E-state index in [1.165, 1.54) is 0 Å². The van der Waals surface area contributed by atoms with Gasteiger partial charge >= 0.3 is 0 Å². The quantitative estimate of drug-likeness (QED) is 0.771. The molecule has 0 aliphatic carbocycles. The molecule has 1 atom stereocenters. The van der Waals surface area contributed by atoms with Crippen molar-refractivity contribution in [1.29, 1.82) is 0 Å². The normalized spacial score (nSPS) is 12.4. The molecular weight excluding hydrogens is 188 g/mol. The number of nitrogens with two attached hydrogens (primary N) is 1. The third-order valence-electron chi connectivity index (χ3n) is 2.22. The first-order valence-electron chi connectivity index (χ1n) is 5.35. The number of aromatic nitrogens is 1. The van der Waals surface area contributed by atoms with Crippen molar-refractivity contribution in [2.24, 2.45) is 5.73 Å². The molecule has 0 spiro atoms. The van der Waals surface area contributed by atoms with E-state index in [0.29, 0.717) is 12.8 Å². The van der Waals surface area contributed by atoms with Crippen LogP contribution in [0.5, 0.6) is 0 Å². The Hall–Kier alpha value is -1.22. The number of rotatable bonds is 6. The molecule has 0 aliphatic heterocycles. The molecule has 15 heavy (non-hydrogen) atoms. The summed E-state index contributed by atoms with van der Waals surface area (Å²) in [6, 6.07) is 5.82. The number of Topliss-reactive ketones (excluding diaryl/α,β-unsaturated/α-hetero) is 1. The van der Waals surface area contributed by atoms with Crippen LogP contribution in [0.3, 0.4) is 0 Å². The minimum Gasteiger partial charge on any atom is -0.328 e. The van der Waals surface area contributed by atoms with E-state index in [2.05, 4.69) is 4.98 Å². The molecule has 82 valence electrons. The molecule has 0 aliphatic rings. The first kappa shape index (κ1) is 11.9. The first-order chi connectivity index (χ1) is 7.18. The van der Waals surface area contributed by atoms with E-state index < -0.39 is 0 Å². The molecule has 2 N–H and O–H groups in total. The zero-order chi connectivity index (χ0) is 11.1. The molecule has 1 unspecified atom stereocenters. The first-order valence-corrected chi connectivity index (χ1v) is 5.35. The summed E-state index contributed by atoms with van der Waals surface area (Å²) in [5.41, 5.74) is 6.46. The molecule has 1 rings (SSSR count). The molecule has 0 amide bonds. The van der Waals surface area contributed by atoms with Gasteiger partial charge in [0.25, 0.3) is 0 Å². The zero-order valence-electron chi connectivity index (χ0n) is 9.15. The lowest BCUT2D eigenvalue weighted by atomic mass is 10.1.